The lowest BCUT2D eigenvalue weighted by atomic mass is 9.69. The zero-order chi connectivity index (χ0) is 28.4. The molecule has 3 aromatic rings. The predicted octanol–water partition coefficient (Wildman–Crippen LogP) is 6.70. The molecule has 1 unspecified atom stereocenters. The molecule has 0 radical (unpaired) electrons. The van der Waals surface area contributed by atoms with Crippen molar-refractivity contribution in [3.05, 3.63) is 86.8 Å². The van der Waals surface area contributed by atoms with Crippen molar-refractivity contribution in [2.75, 3.05) is 18.2 Å². The Balaban J connectivity index is 1.55. The lowest BCUT2D eigenvalue weighted by Gasteiger charge is -2.38. The maximum absolute atomic E-state index is 13.6. The summed E-state index contributed by atoms with van der Waals surface area (Å²) in [4.78, 5) is 35.0. The second-order valence-corrected chi connectivity index (χ2v) is 12.8. The van der Waals surface area contributed by atoms with Crippen molar-refractivity contribution in [1.29, 1.82) is 0 Å². The van der Waals surface area contributed by atoms with Crippen LogP contribution in [-0.4, -0.2) is 28.6 Å². The van der Waals surface area contributed by atoms with Gasteiger partial charge in [0.1, 0.15) is 12.4 Å². The monoisotopic (exact) mass is 559 g/mol. The lowest BCUT2D eigenvalue weighted by Crippen LogP contribution is -2.37. The molecule has 2 N–H and O–H groups in total. The van der Waals surface area contributed by atoms with Gasteiger partial charge in [-0.15, -0.1) is 0 Å². The third-order valence-corrected chi connectivity index (χ3v) is 8.30. The van der Waals surface area contributed by atoms with Crippen molar-refractivity contribution in [2.45, 2.75) is 64.6 Å². The molecule has 2 aliphatic rings. The molecular weight excluding hydrogens is 522 g/mol. The predicted molar refractivity (Wildman–Crippen MR) is 159 cm³/mol. The highest BCUT2D eigenvalue weighted by Crippen LogP contribution is 2.48. The number of carbonyl (C=O) groups excluding carboxylic acids is 1. The van der Waals surface area contributed by atoms with E-state index >= 15 is 0 Å². The maximum atomic E-state index is 13.6. The van der Waals surface area contributed by atoms with Crippen LogP contribution >= 0.6 is 11.8 Å². The molecule has 1 atom stereocenters. The standard InChI is InChI=1S/C32H37N3O4S/c1-19(2)13-14-40-31-34-29-28(30(37)35-31)26(27-22(33-29)16-32(3,4)17-23(27)36)21-11-12-24(25(15-21)38-5)39-18-20-9-7-6-8-10-20/h6-12,15,19,26H,13-14,16-18H2,1-5H3,(H2,33,34,35,37). The van der Waals surface area contributed by atoms with Crippen molar-refractivity contribution in [3.63, 3.8) is 0 Å². The van der Waals surface area contributed by atoms with E-state index in [0.717, 1.165) is 29.0 Å². The van der Waals surface area contributed by atoms with Crippen LogP contribution in [-0.2, 0) is 11.4 Å². The van der Waals surface area contributed by atoms with Crippen molar-refractivity contribution < 1.29 is 14.3 Å². The van der Waals surface area contributed by atoms with Crippen LogP contribution in [0.5, 0.6) is 11.5 Å². The number of nitrogens with one attached hydrogen (secondary N) is 2. The van der Waals surface area contributed by atoms with Crippen molar-refractivity contribution >= 4 is 23.4 Å². The van der Waals surface area contributed by atoms with Crippen LogP contribution in [0, 0.1) is 11.3 Å². The molecule has 0 spiro atoms. The van der Waals surface area contributed by atoms with Crippen molar-refractivity contribution in [1.82, 2.24) is 9.97 Å². The first-order chi connectivity index (χ1) is 19.1. The van der Waals surface area contributed by atoms with Gasteiger partial charge in [0.2, 0.25) is 0 Å². The molecule has 1 aromatic heterocycles. The Kier molecular flexibility index (Phi) is 8.08. The number of rotatable bonds is 9. The molecule has 210 valence electrons. The fraction of sp³-hybridized carbons (Fsp3) is 0.406. The Morgan fingerprint density at radius 3 is 2.58 bits per heavy atom. The van der Waals surface area contributed by atoms with Crippen LogP contribution in [0.15, 0.2) is 69.8 Å². The van der Waals surface area contributed by atoms with Crippen molar-refractivity contribution in [2.24, 2.45) is 11.3 Å². The number of nitrogens with zero attached hydrogens (tertiary/aromatic N) is 1. The SMILES string of the molecule is COc1cc(C2C3=C(CC(C)(C)CC3=O)Nc3nc(SCCC(C)C)[nH]c(=O)c32)ccc1OCc1ccccc1. The third kappa shape index (κ3) is 5.97. The summed E-state index contributed by atoms with van der Waals surface area (Å²) in [6.45, 7) is 8.95. The molecule has 1 aliphatic heterocycles. The number of allylic oxidation sites excluding steroid dienone is 2. The molecule has 7 nitrogen and oxygen atoms in total. The summed E-state index contributed by atoms with van der Waals surface area (Å²) < 4.78 is 11.8. The third-order valence-electron chi connectivity index (χ3n) is 7.39. The minimum Gasteiger partial charge on any atom is -0.493 e. The van der Waals surface area contributed by atoms with Crippen LogP contribution in [0.2, 0.25) is 0 Å². The van der Waals surface area contributed by atoms with E-state index in [0.29, 0.717) is 59.0 Å². The van der Waals surface area contributed by atoms with E-state index in [4.69, 9.17) is 14.5 Å². The number of ether oxygens (including phenoxy) is 2. The number of hydrogen-bond acceptors (Lipinski definition) is 7. The first kappa shape index (κ1) is 28.0. The molecule has 5 rings (SSSR count). The fourth-order valence-corrected chi connectivity index (χ4v) is 6.51. The number of anilines is 1. The van der Waals surface area contributed by atoms with Gasteiger partial charge in [0.05, 0.1) is 12.7 Å². The Labute approximate surface area is 239 Å². The number of Topliss-reactive ketones (excluding diaryl/α,β-unsaturated/α-hetero) is 1. The molecule has 1 aliphatic carbocycles. The molecular formula is C32H37N3O4S. The van der Waals surface area contributed by atoms with Gasteiger partial charge >= 0.3 is 0 Å². The van der Waals surface area contributed by atoms with Crippen LogP contribution in [0.4, 0.5) is 5.82 Å². The highest BCUT2D eigenvalue weighted by molar-refractivity contribution is 7.99. The van der Waals surface area contributed by atoms with E-state index in [1.54, 1.807) is 18.9 Å². The Morgan fingerprint density at radius 1 is 1.07 bits per heavy atom. The summed E-state index contributed by atoms with van der Waals surface area (Å²) in [5, 5.41) is 3.99. The molecule has 0 saturated carbocycles. The van der Waals surface area contributed by atoms with Crippen LogP contribution in [0.1, 0.15) is 69.6 Å². The normalized spacial score (nSPS) is 17.8. The number of benzene rings is 2. The number of aromatic nitrogens is 2. The minimum absolute atomic E-state index is 0.0487. The largest absolute Gasteiger partial charge is 0.493 e. The topological polar surface area (TPSA) is 93.3 Å². The molecule has 0 amide bonds. The second-order valence-electron chi connectivity index (χ2n) is 11.7. The molecule has 2 heterocycles. The van der Waals surface area contributed by atoms with Crippen LogP contribution in [0.25, 0.3) is 0 Å². The van der Waals surface area contributed by atoms with Gasteiger partial charge in [0.15, 0.2) is 22.4 Å². The van der Waals surface area contributed by atoms with Gasteiger partial charge in [0.25, 0.3) is 5.56 Å². The quantitative estimate of drug-likeness (QED) is 0.223. The molecule has 2 aromatic carbocycles. The first-order valence-electron chi connectivity index (χ1n) is 13.8. The Bertz CT molecular complexity index is 1490. The minimum atomic E-state index is -0.558. The van der Waals surface area contributed by atoms with Gasteiger partial charge in [0, 0.05) is 29.4 Å². The van der Waals surface area contributed by atoms with Crippen LogP contribution in [0.3, 0.4) is 0 Å². The van der Waals surface area contributed by atoms with E-state index in [-0.39, 0.29) is 16.8 Å². The molecule has 8 heteroatoms. The highest BCUT2D eigenvalue weighted by atomic mass is 32.2. The van der Waals surface area contributed by atoms with Gasteiger partial charge in [-0.1, -0.05) is 75.9 Å². The Hall–Kier alpha value is -3.52. The second kappa shape index (κ2) is 11.5. The summed E-state index contributed by atoms with van der Waals surface area (Å²) in [6, 6.07) is 15.6. The van der Waals surface area contributed by atoms with Gasteiger partial charge < -0.3 is 19.8 Å². The summed E-state index contributed by atoms with van der Waals surface area (Å²) in [6.07, 6.45) is 2.14. The number of methoxy groups -OCH3 is 1. The van der Waals surface area contributed by atoms with E-state index in [1.807, 2.05) is 48.5 Å². The molecule has 0 bridgehead atoms. The highest BCUT2D eigenvalue weighted by Gasteiger charge is 2.42. The smallest absolute Gasteiger partial charge is 0.257 e. The molecule has 40 heavy (non-hydrogen) atoms. The maximum Gasteiger partial charge on any atom is 0.257 e. The summed E-state index contributed by atoms with van der Waals surface area (Å²) in [5.41, 5.74) is 3.36. The van der Waals surface area contributed by atoms with Gasteiger partial charge in [-0.2, -0.15) is 0 Å². The van der Waals surface area contributed by atoms with E-state index in [2.05, 4.69) is 38.0 Å². The molecule has 0 fully saturated rings. The number of carbonyl (C=O) groups is 1. The summed E-state index contributed by atoms with van der Waals surface area (Å²) in [5.74, 6) is 2.59. The number of ketones is 1. The van der Waals surface area contributed by atoms with E-state index in [9.17, 15) is 9.59 Å². The van der Waals surface area contributed by atoms with E-state index < -0.39 is 5.92 Å². The van der Waals surface area contributed by atoms with Crippen LogP contribution < -0.4 is 20.3 Å². The van der Waals surface area contributed by atoms with Gasteiger partial charge in [-0.25, -0.2) is 4.98 Å². The number of fused-ring (bicyclic) bond motifs is 1. The Morgan fingerprint density at radius 2 is 1.85 bits per heavy atom. The lowest BCUT2D eigenvalue weighted by molar-refractivity contribution is -0.118. The number of thioether (sulfide) groups is 1. The summed E-state index contributed by atoms with van der Waals surface area (Å²) >= 11 is 1.55. The zero-order valence-corrected chi connectivity index (χ0v) is 24.6. The van der Waals surface area contributed by atoms with E-state index in [1.165, 1.54) is 0 Å². The average Bonchev–Trinajstić information content (AvgIpc) is 2.90. The zero-order valence-electron chi connectivity index (χ0n) is 23.8. The summed E-state index contributed by atoms with van der Waals surface area (Å²) in [7, 11) is 1.60. The number of aromatic amines is 1. The molecule has 0 saturated heterocycles. The first-order valence-corrected chi connectivity index (χ1v) is 14.8. The average molecular weight is 560 g/mol. The van der Waals surface area contributed by atoms with Gasteiger partial charge in [-0.3, -0.25) is 9.59 Å². The number of H-pyrrole nitrogens is 1. The fourth-order valence-electron chi connectivity index (χ4n) is 5.40. The van der Waals surface area contributed by atoms with Gasteiger partial charge in [-0.05, 0) is 47.4 Å². The van der Waals surface area contributed by atoms with Crippen molar-refractivity contribution in [3.8, 4) is 11.5 Å². The number of hydrogen-bond donors (Lipinski definition) is 2.